The Morgan fingerprint density at radius 3 is 2.16 bits per heavy atom. The Morgan fingerprint density at radius 1 is 1.00 bits per heavy atom. The van der Waals surface area contributed by atoms with Gasteiger partial charge in [-0.2, -0.15) is 0 Å². The zero-order valence-corrected chi connectivity index (χ0v) is 13.5. The Bertz CT molecular complexity index is 321. The van der Waals surface area contributed by atoms with E-state index in [-0.39, 0.29) is 23.9 Å². The van der Waals surface area contributed by atoms with Crippen molar-refractivity contribution in [1.82, 2.24) is 0 Å². The fraction of sp³-hybridized carbons (Fsp3) is 0.647. The van der Waals surface area contributed by atoms with Gasteiger partial charge in [0.05, 0.1) is 0 Å². The van der Waals surface area contributed by atoms with Crippen molar-refractivity contribution in [2.75, 3.05) is 0 Å². The van der Waals surface area contributed by atoms with Gasteiger partial charge in [-0.15, -0.1) is 12.4 Å². The van der Waals surface area contributed by atoms with Crippen LogP contribution in [0.25, 0.3) is 0 Å². The molecule has 0 aliphatic heterocycles. The summed E-state index contributed by atoms with van der Waals surface area (Å²) in [7, 11) is 0. The van der Waals surface area contributed by atoms with E-state index in [1.807, 2.05) is 6.07 Å². The summed E-state index contributed by atoms with van der Waals surface area (Å²) >= 11 is 0. The van der Waals surface area contributed by atoms with E-state index in [2.05, 4.69) is 45.0 Å². The summed E-state index contributed by atoms with van der Waals surface area (Å²) in [5.74, 6) is 0. The summed E-state index contributed by atoms with van der Waals surface area (Å²) in [5, 5.41) is 0. The van der Waals surface area contributed by atoms with Crippen LogP contribution in [0, 0.1) is 5.41 Å². The van der Waals surface area contributed by atoms with Gasteiger partial charge in [-0.1, -0.05) is 83.2 Å². The average Bonchev–Trinajstić information content (AvgIpc) is 2.38. The second-order valence-corrected chi connectivity index (χ2v) is 6.04. The molecule has 0 aliphatic rings. The number of hydrogen-bond acceptors (Lipinski definition) is 1. The van der Waals surface area contributed by atoms with E-state index >= 15 is 0 Å². The predicted molar refractivity (Wildman–Crippen MR) is 87.8 cm³/mol. The van der Waals surface area contributed by atoms with Crippen LogP contribution in [0.1, 0.15) is 70.9 Å². The molecule has 0 saturated carbocycles. The molecule has 110 valence electrons. The lowest BCUT2D eigenvalue weighted by Gasteiger charge is -2.32. The van der Waals surface area contributed by atoms with Crippen molar-refractivity contribution in [3.63, 3.8) is 0 Å². The van der Waals surface area contributed by atoms with Crippen LogP contribution >= 0.6 is 12.4 Å². The summed E-state index contributed by atoms with van der Waals surface area (Å²) in [6.45, 7) is 6.85. The minimum absolute atomic E-state index is 0. The molecule has 0 fully saturated rings. The summed E-state index contributed by atoms with van der Waals surface area (Å²) in [6, 6.07) is 10.6. The van der Waals surface area contributed by atoms with E-state index in [1.54, 1.807) is 0 Å². The molecular formula is C17H30ClN. The Kier molecular flexibility index (Phi) is 9.12. The lowest BCUT2D eigenvalue weighted by atomic mass is 9.77. The van der Waals surface area contributed by atoms with Crippen LogP contribution in [0.4, 0.5) is 0 Å². The number of benzene rings is 1. The van der Waals surface area contributed by atoms with Crippen molar-refractivity contribution < 1.29 is 0 Å². The molecule has 19 heavy (non-hydrogen) atoms. The maximum Gasteiger partial charge on any atom is 0.0346 e. The van der Waals surface area contributed by atoms with Gasteiger partial charge in [-0.25, -0.2) is 0 Å². The molecule has 1 aromatic rings. The molecule has 0 amide bonds. The monoisotopic (exact) mass is 283 g/mol. The van der Waals surface area contributed by atoms with E-state index in [0.29, 0.717) is 0 Å². The normalized spacial score (nSPS) is 12.8. The molecule has 1 nitrogen and oxygen atoms in total. The van der Waals surface area contributed by atoms with Gasteiger partial charge in [0.1, 0.15) is 0 Å². The van der Waals surface area contributed by atoms with Crippen molar-refractivity contribution in [2.24, 2.45) is 11.1 Å². The van der Waals surface area contributed by atoms with Crippen molar-refractivity contribution in [3.05, 3.63) is 35.9 Å². The highest BCUT2D eigenvalue weighted by Gasteiger charge is 2.26. The van der Waals surface area contributed by atoms with Gasteiger partial charge in [0.15, 0.2) is 0 Å². The second kappa shape index (κ2) is 9.39. The molecule has 1 atom stereocenters. The fourth-order valence-electron chi connectivity index (χ4n) is 2.45. The molecule has 0 radical (unpaired) electrons. The minimum atomic E-state index is 0. The first-order valence-corrected chi connectivity index (χ1v) is 7.38. The third-order valence-electron chi connectivity index (χ3n) is 3.93. The summed E-state index contributed by atoms with van der Waals surface area (Å²) in [4.78, 5) is 0. The van der Waals surface area contributed by atoms with E-state index in [0.717, 1.165) is 0 Å². The van der Waals surface area contributed by atoms with Crippen LogP contribution in [0.2, 0.25) is 0 Å². The Balaban J connectivity index is 0.00000324. The van der Waals surface area contributed by atoms with Gasteiger partial charge in [0.2, 0.25) is 0 Å². The number of unbranched alkanes of at least 4 members (excludes halogenated alkanes) is 4. The van der Waals surface area contributed by atoms with Crippen LogP contribution < -0.4 is 5.73 Å². The van der Waals surface area contributed by atoms with E-state index in [9.17, 15) is 0 Å². The molecule has 0 heterocycles. The first kappa shape index (κ1) is 18.5. The first-order valence-electron chi connectivity index (χ1n) is 7.38. The first-order chi connectivity index (χ1) is 8.58. The summed E-state index contributed by atoms with van der Waals surface area (Å²) in [5.41, 5.74) is 7.86. The highest BCUT2D eigenvalue weighted by molar-refractivity contribution is 5.85. The highest BCUT2D eigenvalue weighted by atomic mass is 35.5. The van der Waals surface area contributed by atoms with E-state index in [4.69, 9.17) is 5.73 Å². The predicted octanol–water partition coefficient (Wildman–Crippen LogP) is 5.49. The van der Waals surface area contributed by atoms with Crippen molar-refractivity contribution >= 4 is 12.4 Å². The number of nitrogens with two attached hydrogens (primary N) is 1. The molecular weight excluding hydrogens is 254 g/mol. The molecule has 2 heteroatoms. The minimum Gasteiger partial charge on any atom is -0.324 e. The molecule has 2 N–H and O–H groups in total. The van der Waals surface area contributed by atoms with Crippen LogP contribution in [0.15, 0.2) is 30.3 Å². The highest BCUT2D eigenvalue weighted by Crippen LogP contribution is 2.36. The van der Waals surface area contributed by atoms with Gasteiger partial charge in [-0.05, 0) is 17.4 Å². The molecule has 1 rings (SSSR count). The third-order valence-corrected chi connectivity index (χ3v) is 3.93. The Morgan fingerprint density at radius 2 is 1.58 bits per heavy atom. The second-order valence-electron chi connectivity index (χ2n) is 6.04. The Labute approximate surface area is 125 Å². The van der Waals surface area contributed by atoms with Crippen LogP contribution in [0.3, 0.4) is 0 Å². The fourth-order valence-corrected chi connectivity index (χ4v) is 2.45. The lowest BCUT2D eigenvalue weighted by Crippen LogP contribution is -2.29. The van der Waals surface area contributed by atoms with Crippen molar-refractivity contribution in [1.29, 1.82) is 0 Å². The van der Waals surface area contributed by atoms with Crippen LogP contribution in [0.5, 0.6) is 0 Å². The van der Waals surface area contributed by atoms with Gasteiger partial charge < -0.3 is 5.73 Å². The molecule has 0 spiro atoms. The third kappa shape index (κ3) is 6.44. The number of rotatable bonds is 8. The van der Waals surface area contributed by atoms with Gasteiger partial charge >= 0.3 is 0 Å². The zero-order valence-electron chi connectivity index (χ0n) is 12.7. The molecule has 1 unspecified atom stereocenters. The van der Waals surface area contributed by atoms with Gasteiger partial charge in [0, 0.05) is 6.04 Å². The van der Waals surface area contributed by atoms with Crippen LogP contribution in [-0.2, 0) is 0 Å². The van der Waals surface area contributed by atoms with Crippen molar-refractivity contribution in [3.8, 4) is 0 Å². The molecule has 0 bridgehead atoms. The van der Waals surface area contributed by atoms with E-state index < -0.39 is 0 Å². The zero-order chi connectivity index (χ0) is 13.4. The van der Waals surface area contributed by atoms with Crippen molar-refractivity contribution in [2.45, 2.75) is 65.3 Å². The quantitative estimate of drug-likeness (QED) is 0.627. The van der Waals surface area contributed by atoms with Crippen LogP contribution in [-0.4, -0.2) is 0 Å². The molecule has 0 aromatic heterocycles. The maximum absolute atomic E-state index is 6.41. The van der Waals surface area contributed by atoms with E-state index in [1.165, 1.54) is 44.1 Å². The number of hydrogen-bond donors (Lipinski definition) is 1. The molecule has 0 saturated heterocycles. The lowest BCUT2D eigenvalue weighted by molar-refractivity contribution is 0.255. The molecule has 0 aliphatic carbocycles. The maximum atomic E-state index is 6.41. The topological polar surface area (TPSA) is 26.0 Å². The Hall–Kier alpha value is -0.530. The van der Waals surface area contributed by atoms with Gasteiger partial charge in [0.25, 0.3) is 0 Å². The summed E-state index contributed by atoms with van der Waals surface area (Å²) < 4.78 is 0. The SMILES string of the molecule is CCCCCCCC(C)(C)C(N)c1ccccc1.Cl. The average molecular weight is 284 g/mol. The largest absolute Gasteiger partial charge is 0.324 e. The van der Waals surface area contributed by atoms with Gasteiger partial charge in [-0.3, -0.25) is 0 Å². The smallest absolute Gasteiger partial charge is 0.0346 e. The summed E-state index contributed by atoms with van der Waals surface area (Å²) in [6.07, 6.45) is 7.91. The number of halogens is 1. The standard InChI is InChI=1S/C17H29N.ClH/c1-4-5-6-7-11-14-17(2,3)16(18)15-12-9-8-10-13-15;/h8-10,12-13,16H,4-7,11,14,18H2,1-3H3;1H. The molecule has 1 aromatic carbocycles.